The molecule has 3 unspecified atom stereocenters. The number of benzene rings is 2. The molecule has 1 heterocycles. The van der Waals surface area contributed by atoms with Crippen molar-refractivity contribution < 1.29 is 19.2 Å². The van der Waals surface area contributed by atoms with Gasteiger partial charge in [-0.2, -0.15) is 0 Å². The maximum absolute atomic E-state index is 14.0. The molecule has 41 heavy (non-hydrogen) atoms. The zero-order valence-corrected chi connectivity index (χ0v) is 24.1. The molecule has 4 amide bonds. The second kappa shape index (κ2) is 14.3. The quantitative estimate of drug-likeness (QED) is 0.335. The average molecular weight is 562 g/mol. The smallest absolute Gasteiger partial charge is 0.246 e. The molecule has 220 valence electrons. The largest absolute Gasteiger partial charge is 0.368 e. The molecule has 9 heteroatoms. The summed E-state index contributed by atoms with van der Waals surface area (Å²) < 4.78 is 0. The highest BCUT2D eigenvalue weighted by molar-refractivity contribution is 5.95. The number of hydrogen-bond acceptors (Lipinski definition) is 5. The molecular formula is C32H43N5O4. The van der Waals surface area contributed by atoms with Crippen molar-refractivity contribution in [2.75, 3.05) is 13.6 Å². The first-order valence-electron chi connectivity index (χ1n) is 14.8. The first kappa shape index (κ1) is 30.2. The number of amides is 4. The normalized spacial score (nSPS) is 19.8. The summed E-state index contributed by atoms with van der Waals surface area (Å²) in [5, 5.41) is 8.85. The van der Waals surface area contributed by atoms with E-state index in [9.17, 15) is 19.2 Å². The van der Waals surface area contributed by atoms with E-state index in [2.05, 4.69) is 16.0 Å². The zero-order valence-electron chi connectivity index (χ0n) is 24.1. The number of hydrogen-bond donors (Lipinski definition) is 4. The fourth-order valence-corrected chi connectivity index (χ4v) is 6.21. The number of carbonyl (C=O) groups excluding carboxylic acids is 4. The van der Waals surface area contributed by atoms with Gasteiger partial charge in [-0.25, -0.2) is 0 Å². The highest BCUT2D eigenvalue weighted by atomic mass is 16.2. The Kier molecular flexibility index (Phi) is 10.5. The molecule has 4 rings (SSSR count). The molecule has 1 saturated carbocycles. The summed E-state index contributed by atoms with van der Waals surface area (Å²) in [6.45, 7) is 2.17. The summed E-state index contributed by atoms with van der Waals surface area (Å²) in [6.07, 6.45) is 5.98. The maximum Gasteiger partial charge on any atom is 0.246 e. The van der Waals surface area contributed by atoms with E-state index in [1.807, 2.05) is 60.7 Å². The van der Waals surface area contributed by atoms with Crippen molar-refractivity contribution >= 4 is 23.6 Å². The van der Waals surface area contributed by atoms with Gasteiger partial charge in [0.1, 0.15) is 18.1 Å². The van der Waals surface area contributed by atoms with Gasteiger partial charge in [-0.3, -0.25) is 19.2 Å². The predicted octanol–water partition coefficient (Wildman–Crippen LogP) is 2.45. The summed E-state index contributed by atoms with van der Waals surface area (Å²) in [5.41, 5.74) is 7.60. The van der Waals surface area contributed by atoms with Crippen LogP contribution >= 0.6 is 0 Å². The molecule has 0 aromatic heterocycles. The highest BCUT2D eigenvalue weighted by Gasteiger charge is 2.42. The van der Waals surface area contributed by atoms with E-state index in [1.165, 1.54) is 0 Å². The van der Waals surface area contributed by atoms with E-state index in [4.69, 9.17) is 5.73 Å². The second-order valence-corrected chi connectivity index (χ2v) is 11.3. The first-order valence-corrected chi connectivity index (χ1v) is 14.8. The molecule has 0 bridgehead atoms. The van der Waals surface area contributed by atoms with Crippen LogP contribution in [0, 0.1) is 5.92 Å². The Bertz CT molecular complexity index is 1150. The van der Waals surface area contributed by atoms with E-state index in [0.29, 0.717) is 19.4 Å². The fourth-order valence-electron chi connectivity index (χ4n) is 6.21. The Morgan fingerprint density at radius 3 is 1.95 bits per heavy atom. The first-order chi connectivity index (χ1) is 19.8. The average Bonchev–Trinajstić information content (AvgIpc) is 3.50. The van der Waals surface area contributed by atoms with E-state index in [0.717, 1.165) is 43.2 Å². The summed E-state index contributed by atoms with van der Waals surface area (Å²) >= 11 is 0. The number of nitrogens with one attached hydrogen (secondary N) is 3. The predicted molar refractivity (Wildman–Crippen MR) is 158 cm³/mol. The van der Waals surface area contributed by atoms with Gasteiger partial charge in [-0.15, -0.1) is 0 Å². The summed E-state index contributed by atoms with van der Waals surface area (Å²) in [7, 11) is 1.70. The molecule has 1 aliphatic carbocycles. The maximum atomic E-state index is 14.0. The lowest BCUT2D eigenvalue weighted by Gasteiger charge is -2.35. The lowest BCUT2D eigenvalue weighted by atomic mass is 9.83. The molecule has 5 N–H and O–H groups in total. The Morgan fingerprint density at radius 1 is 0.829 bits per heavy atom. The second-order valence-electron chi connectivity index (χ2n) is 11.3. The number of rotatable bonds is 11. The molecule has 9 nitrogen and oxygen atoms in total. The minimum Gasteiger partial charge on any atom is -0.368 e. The molecule has 1 saturated heterocycles. The third-order valence-corrected chi connectivity index (χ3v) is 8.60. The Balaban J connectivity index is 1.57. The lowest BCUT2D eigenvalue weighted by molar-refractivity contribution is -0.143. The molecule has 2 fully saturated rings. The molecular weight excluding hydrogens is 518 g/mol. The van der Waals surface area contributed by atoms with Gasteiger partial charge in [0.2, 0.25) is 23.6 Å². The van der Waals surface area contributed by atoms with Crippen LogP contribution in [0.3, 0.4) is 0 Å². The monoisotopic (exact) mass is 561 g/mol. The number of nitrogens with zero attached hydrogens (tertiary/aromatic N) is 1. The van der Waals surface area contributed by atoms with Crippen molar-refractivity contribution in [3.63, 3.8) is 0 Å². The van der Waals surface area contributed by atoms with E-state index < -0.39 is 41.9 Å². The van der Waals surface area contributed by atoms with Gasteiger partial charge < -0.3 is 26.6 Å². The van der Waals surface area contributed by atoms with Gasteiger partial charge in [0.05, 0.1) is 6.04 Å². The van der Waals surface area contributed by atoms with Crippen LogP contribution in [0.15, 0.2) is 60.7 Å². The summed E-state index contributed by atoms with van der Waals surface area (Å²) in [6, 6.07) is 16.1. The molecule has 1 aliphatic heterocycles. The van der Waals surface area contributed by atoms with Crippen LogP contribution in [0.2, 0.25) is 0 Å². The van der Waals surface area contributed by atoms with Crippen molar-refractivity contribution in [1.29, 1.82) is 0 Å². The fraction of sp³-hybridized carbons (Fsp3) is 0.500. The third kappa shape index (κ3) is 7.33. The van der Waals surface area contributed by atoms with Crippen molar-refractivity contribution in [3.8, 4) is 0 Å². The number of nitrogens with two attached hydrogens (primary N) is 1. The van der Waals surface area contributed by atoms with E-state index in [-0.39, 0.29) is 17.7 Å². The van der Waals surface area contributed by atoms with Crippen LogP contribution in [0.1, 0.15) is 68.9 Å². The SMILES string of the molecule is CN[C@@H](C)C(=O)NC(C(=O)N1CCCC1C(=O)NC(C(N)=O)C(c1ccccc1)c1ccccc1)C1CCCCC1. The van der Waals surface area contributed by atoms with Gasteiger partial charge >= 0.3 is 0 Å². The van der Waals surface area contributed by atoms with Crippen LogP contribution in [0.25, 0.3) is 0 Å². The third-order valence-electron chi connectivity index (χ3n) is 8.60. The van der Waals surface area contributed by atoms with Crippen LogP contribution < -0.4 is 21.7 Å². The van der Waals surface area contributed by atoms with Crippen molar-refractivity contribution in [3.05, 3.63) is 71.8 Å². The van der Waals surface area contributed by atoms with Crippen molar-refractivity contribution in [2.24, 2.45) is 11.7 Å². The Morgan fingerprint density at radius 2 is 1.41 bits per heavy atom. The summed E-state index contributed by atoms with van der Waals surface area (Å²) in [4.78, 5) is 55.1. The topological polar surface area (TPSA) is 134 Å². The minimum absolute atomic E-state index is 0.0208. The Labute approximate surface area is 242 Å². The number of carbonyl (C=O) groups is 4. The van der Waals surface area contributed by atoms with Gasteiger partial charge in [0.25, 0.3) is 0 Å². The van der Waals surface area contributed by atoms with Crippen molar-refractivity contribution in [1.82, 2.24) is 20.9 Å². The van der Waals surface area contributed by atoms with Gasteiger partial charge in [0.15, 0.2) is 0 Å². The van der Waals surface area contributed by atoms with E-state index in [1.54, 1.807) is 18.9 Å². The molecule has 2 aromatic rings. The van der Waals surface area contributed by atoms with Gasteiger partial charge in [-0.05, 0) is 56.7 Å². The highest BCUT2D eigenvalue weighted by Crippen LogP contribution is 2.31. The lowest BCUT2D eigenvalue weighted by Crippen LogP contribution is -2.59. The molecule has 2 aromatic carbocycles. The Hall–Kier alpha value is -3.72. The van der Waals surface area contributed by atoms with Crippen LogP contribution in [-0.2, 0) is 19.2 Å². The number of likely N-dealkylation sites (N-methyl/N-ethyl adjacent to an activating group) is 1. The van der Waals surface area contributed by atoms with Gasteiger partial charge in [-0.1, -0.05) is 79.9 Å². The zero-order chi connectivity index (χ0) is 29.4. The van der Waals surface area contributed by atoms with E-state index >= 15 is 0 Å². The van der Waals surface area contributed by atoms with Crippen LogP contribution in [-0.4, -0.2) is 66.3 Å². The number of primary amides is 1. The van der Waals surface area contributed by atoms with Crippen molar-refractivity contribution in [2.45, 2.75) is 82.0 Å². The molecule has 2 aliphatic rings. The number of likely N-dealkylation sites (tertiary alicyclic amines) is 1. The molecule has 0 spiro atoms. The van der Waals surface area contributed by atoms with Gasteiger partial charge in [0, 0.05) is 12.5 Å². The van der Waals surface area contributed by atoms with Crippen LogP contribution in [0.4, 0.5) is 0 Å². The minimum atomic E-state index is -1.02. The standard InChI is InChI=1S/C32H43N5O4/c1-21(34-2)30(39)35-27(24-17-10-5-11-18-24)32(41)37-20-12-19-25(37)31(40)36-28(29(33)38)26(22-13-6-3-7-14-22)23-15-8-4-9-16-23/h3-4,6-9,13-16,21,24-28,34H,5,10-12,17-20H2,1-2H3,(H2,33,38)(H,35,39)(H,36,40)/t21-,25?,27?,28?/m0/s1. The van der Waals surface area contributed by atoms with Crippen LogP contribution in [0.5, 0.6) is 0 Å². The molecule has 0 radical (unpaired) electrons. The summed E-state index contributed by atoms with van der Waals surface area (Å²) in [5.74, 6) is -2.01. The molecule has 4 atom stereocenters.